The largest absolute Gasteiger partial charge is 0.358 e. The van der Waals surface area contributed by atoms with Crippen molar-refractivity contribution in [3.8, 4) is 0 Å². The quantitative estimate of drug-likeness (QED) is 0.720. The summed E-state index contributed by atoms with van der Waals surface area (Å²) < 4.78 is 0.734. The zero-order chi connectivity index (χ0) is 19.4. The van der Waals surface area contributed by atoms with Crippen LogP contribution in [0.5, 0.6) is 0 Å². The smallest absolute Gasteiger partial charge is 0.260 e. The second kappa shape index (κ2) is 9.03. The Morgan fingerprint density at radius 3 is 2.74 bits per heavy atom. The molecule has 1 fully saturated rings. The molecule has 9 heteroatoms. The molecule has 6 nitrogen and oxygen atoms in total. The fraction of sp³-hybridized carbons (Fsp3) is 0.444. The van der Waals surface area contributed by atoms with Crippen LogP contribution in [0.4, 0.5) is 5.13 Å². The molecule has 0 unspecified atom stereocenters. The second-order valence-corrected chi connectivity index (χ2v) is 9.44. The highest BCUT2D eigenvalue weighted by atomic mass is 35.5. The molecule has 0 spiro atoms. The standard InChI is InChI=1S/C18H21ClN4O2S2/c1-11(2)20-17-21-22-18(27-17)26-14-5-3-4-10-23(16(14)25)15(24)12-6-8-13(19)9-7-12/h6-9,11,14H,3-5,10H2,1-2H3,(H,20,21)/t14-/m1/s1. The number of aromatic nitrogens is 2. The summed E-state index contributed by atoms with van der Waals surface area (Å²) in [7, 11) is 0. The van der Waals surface area contributed by atoms with Crippen LogP contribution in [0.25, 0.3) is 0 Å². The number of benzene rings is 1. The summed E-state index contributed by atoms with van der Waals surface area (Å²) in [6.07, 6.45) is 2.42. The van der Waals surface area contributed by atoms with Crippen molar-refractivity contribution in [2.75, 3.05) is 11.9 Å². The van der Waals surface area contributed by atoms with E-state index in [0.29, 0.717) is 17.1 Å². The van der Waals surface area contributed by atoms with E-state index in [2.05, 4.69) is 15.5 Å². The normalized spacial score (nSPS) is 17.9. The Morgan fingerprint density at radius 2 is 2.04 bits per heavy atom. The first-order valence-electron chi connectivity index (χ1n) is 8.82. The van der Waals surface area contributed by atoms with E-state index in [1.54, 1.807) is 24.3 Å². The fourth-order valence-corrected chi connectivity index (χ4v) is 5.12. The van der Waals surface area contributed by atoms with E-state index < -0.39 is 0 Å². The number of amides is 2. The Kier molecular flexibility index (Phi) is 6.73. The molecule has 0 radical (unpaired) electrons. The van der Waals surface area contributed by atoms with Crippen molar-refractivity contribution in [2.45, 2.75) is 48.7 Å². The van der Waals surface area contributed by atoms with E-state index in [1.165, 1.54) is 28.0 Å². The molecule has 0 bridgehead atoms. The van der Waals surface area contributed by atoms with E-state index in [0.717, 1.165) is 28.7 Å². The average molecular weight is 425 g/mol. The molecular weight excluding hydrogens is 404 g/mol. The number of hydrogen-bond acceptors (Lipinski definition) is 7. The van der Waals surface area contributed by atoms with Crippen molar-refractivity contribution < 1.29 is 9.59 Å². The maximum absolute atomic E-state index is 13.0. The number of nitrogens with one attached hydrogen (secondary N) is 1. The highest BCUT2D eigenvalue weighted by Gasteiger charge is 2.33. The lowest BCUT2D eigenvalue weighted by Gasteiger charge is -2.22. The predicted octanol–water partition coefficient (Wildman–Crippen LogP) is 4.33. The van der Waals surface area contributed by atoms with Gasteiger partial charge < -0.3 is 5.32 Å². The minimum atomic E-state index is -0.330. The number of nitrogens with zero attached hydrogens (tertiary/aromatic N) is 3. The molecule has 144 valence electrons. The lowest BCUT2D eigenvalue weighted by atomic mass is 10.2. The summed E-state index contributed by atoms with van der Waals surface area (Å²) in [4.78, 5) is 27.2. The van der Waals surface area contributed by atoms with E-state index in [4.69, 9.17) is 11.6 Å². The minimum Gasteiger partial charge on any atom is -0.358 e. The zero-order valence-electron chi connectivity index (χ0n) is 15.1. The van der Waals surface area contributed by atoms with Gasteiger partial charge in [-0.05, 0) is 51.0 Å². The van der Waals surface area contributed by atoms with Gasteiger partial charge in [-0.1, -0.05) is 41.1 Å². The summed E-state index contributed by atoms with van der Waals surface area (Å²) in [5, 5.41) is 12.5. The van der Waals surface area contributed by atoms with Crippen molar-refractivity contribution in [1.29, 1.82) is 0 Å². The topological polar surface area (TPSA) is 75.2 Å². The number of likely N-dealkylation sites (tertiary alicyclic amines) is 1. The van der Waals surface area contributed by atoms with E-state index in [-0.39, 0.29) is 23.1 Å². The maximum atomic E-state index is 13.0. The van der Waals surface area contributed by atoms with Crippen LogP contribution < -0.4 is 5.32 Å². The molecule has 2 heterocycles. The molecule has 1 N–H and O–H groups in total. The van der Waals surface area contributed by atoms with Crippen LogP contribution in [0.1, 0.15) is 43.5 Å². The highest BCUT2D eigenvalue weighted by molar-refractivity contribution is 8.02. The number of hydrogen-bond donors (Lipinski definition) is 1. The highest BCUT2D eigenvalue weighted by Crippen LogP contribution is 2.34. The van der Waals surface area contributed by atoms with Gasteiger partial charge in [0.05, 0.1) is 5.25 Å². The first kappa shape index (κ1) is 20.1. The first-order chi connectivity index (χ1) is 12.9. The fourth-order valence-electron chi connectivity index (χ4n) is 2.75. The summed E-state index contributed by atoms with van der Waals surface area (Å²) in [5.74, 6) is -0.436. The van der Waals surface area contributed by atoms with Gasteiger partial charge >= 0.3 is 0 Å². The summed E-state index contributed by atoms with van der Waals surface area (Å²) in [6, 6.07) is 6.89. The van der Waals surface area contributed by atoms with Gasteiger partial charge in [0.25, 0.3) is 5.91 Å². The van der Waals surface area contributed by atoms with Crippen LogP contribution in [-0.4, -0.2) is 44.7 Å². The lowest BCUT2D eigenvalue weighted by Crippen LogP contribution is -2.41. The number of rotatable bonds is 5. The summed E-state index contributed by atoms with van der Waals surface area (Å²) in [5.41, 5.74) is 0.470. The van der Waals surface area contributed by atoms with Gasteiger partial charge in [-0.3, -0.25) is 14.5 Å². The van der Waals surface area contributed by atoms with Crippen LogP contribution >= 0.6 is 34.7 Å². The van der Waals surface area contributed by atoms with Crippen molar-refractivity contribution in [1.82, 2.24) is 15.1 Å². The maximum Gasteiger partial charge on any atom is 0.260 e. The average Bonchev–Trinajstić information content (AvgIpc) is 2.98. The van der Waals surface area contributed by atoms with Crippen LogP contribution in [-0.2, 0) is 4.79 Å². The zero-order valence-corrected chi connectivity index (χ0v) is 17.5. The van der Waals surface area contributed by atoms with E-state index in [9.17, 15) is 9.59 Å². The Bertz CT molecular complexity index is 810. The number of thioether (sulfide) groups is 1. The molecule has 3 rings (SSSR count). The molecule has 27 heavy (non-hydrogen) atoms. The SMILES string of the molecule is CC(C)Nc1nnc(S[C@@H]2CCCCN(C(=O)c3ccc(Cl)cc3)C2=O)s1. The van der Waals surface area contributed by atoms with Crippen LogP contribution in [0.15, 0.2) is 28.6 Å². The van der Waals surface area contributed by atoms with Crippen molar-refractivity contribution >= 4 is 51.6 Å². The molecule has 1 atom stereocenters. The molecule has 1 aromatic heterocycles. The van der Waals surface area contributed by atoms with Crippen molar-refractivity contribution in [2.24, 2.45) is 0 Å². The third-order valence-electron chi connectivity index (χ3n) is 4.04. The summed E-state index contributed by atoms with van der Waals surface area (Å²) >= 11 is 8.72. The van der Waals surface area contributed by atoms with Gasteiger partial charge in [0.1, 0.15) is 0 Å². The predicted molar refractivity (Wildman–Crippen MR) is 110 cm³/mol. The third kappa shape index (κ3) is 5.21. The number of imide groups is 1. The Morgan fingerprint density at radius 1 is 1.30 bits per heavy atom. The second-order valence-electron chi connectivity index (χ2n) is 6.58. The summed E-state index contributed by atoms with van der Waals surface area (Å²) in [6.45, 7) is 4.50. The minimum absolute atomic E-state index is 0.161. The molecule has 1 saturated heterocycles. The number of carbonyl (C=O) groups is 2. The molecule has 2 aromatic rings. The third-order valence-corrected chi connectivity index (χ3v) is 6.48. The number of carbonyl (C=O) groups excluding carboxylic acids is 2. The van der Waals surface area contributed by atoms with Gasteiger partial charge in [0.15, 0.2) is 4.34 Å². The molecule has 0 aliphatic carbocycles. The van der Waals surface area contributed by atoms with Crippen LogP contribution in [0, 0.1) is 0 Å². The van der Waals surface area contributed by atoms with E-state index >= 15 is 0 Å². The molecule has 1 aromatic carbocycles. The number of anilines is 1. The molecule has 1 aliphatic heterocycles. The Hall–Kier alpha value is -1.64. The monoisotopic (exact) mass is 424 g/mol. The Balaban J connectivity index is 1.72. The van der Waals surface area contributed by atoms with Gasteiger partial charge in [-0.15, -0.1) is 10.2 Å². The van der Waals surface area contributed by atoms with Crippen molar-refractivity contribution in [3.05, 3.63) is 34.9 Å². The number of halogens is 1. The van der Waals surface area contributed by atoms with Gasteiger partial charge in [-0.25, -0.2) is 0 Å². The van der Waals surface area contributed by atoms with Gasteiger partial charge in [0.2, 0.25) is 11.0 Å². The Labute approximate surface area is 171 Å². The molecule has 2 amide bonds. The van der Waals surface area contributed by atoms with E-state index in [1.807, 2.05) is 13.8 Å². The van der Waals surface area contributed by atoms with Gasteiger partial charge in [0, 0.05) is 23.2 Å². The van der Waals surface area contributed by atoms with Gasteiger partial charge in [-0.2, -0.15) is 0 Å². The molecule has 0 saturated carbocycles. The van der Waals surface area contributed by atoms with Crippen LogP contribution in [0.3, 0.4) is 0 Å². The van der Waals surface area contributed by atoms with Crippen molar-refractivity contribution in [3.63, 3.8) is 0 Å². The first-order valence-corrected chi connectivity index (χ1v) is 10.9. The lowest BCUT2D eigenvalue weighted by molar-refractivity contribution is -0.127. The molecular formula is C18H21ClN4O2S2. The molecule has 1 aliphatic rings. The van der Waals surface area contributed by atoms with Crippen LogP contribution in [0.2, 0.25) is 5.02 Å².